The fourth-order valence-electron chi connectivity index (χ4n) is 15.5. The number of carboxylic acids is 2. The van der Waals surface area contributed by atoms with Crippen molar-refractivity contribution in [1.29, 1.82) is 0 Å². The third-order valence-corrected chi connectivity index (χ3v) is 24.8. The van der Waals surface area contributed by atoms with Gasteiger partial charge in [-0.3, -0.25) is 0 Å². The minimum atomic E-state index is -1.26. The number of aromatic carboxylic acids is 2. The molecule has 0 aromatic heterocycles. The van der Waals surface area contributed by atoms with Gasteiger partial charge in [-0.05, 0) is 115 Å². The molecule has 2 aromatic carbocycles. The largest absolute Gasteiger partial charge is 0.545 e. The van der Waals surface area contributed by atoms with Crippen molar-refractivity contribution < 1.29 is 28.8 Å². The first-order valence-electron chi connectivity index (χ1n) is 45.7. The molecule has 0 atom stereocenters. The second kappa shape index (κ2) is 78.6. The van der Waals surface area contributed by atoms with Gasteiger partial charge in [-0.25, -0.2) is 0 Å². The van der Waals surface area contributed by atoms with Crippen LogP contribution in [0.2, 0.25) is 0 Å². The van der Waals surface area contributed by atoms with E-state index in [0.717, 1.165) is 21.6 Å². The Bertz CT molecular complexity index is 1720. The van der Waals surface area contributed by atoms with Gasteiger partial charge in [0.15, 0.2) is 0 Å². The van der Waals surface area contributed by atoms with Crippen molar-refractivity contribution in [3.8, 4) is 0 Å². The van der Waals surface area contributed by atoms with Gasteiger partial charge in [0.1, 0.15) is 0 Å². The minimum Gasteiger partial charge on any atom is -0.545 e. The standard InChI is InChI=1S/2C40H84N.C14H10O4S2/c2*1-5-9-13-17-21-25-29-33-37-41(38-34-30-26-22-18-14-10-6-2,39-35-31-27-23-19-15-11-7-3)40-36-32-28-24-20-16-12-8-4;15-13(16)9-5-1-3-7-11(9)19-20-12-8-4-2-6-10(12)14(17)18/h2*5-40H2,1-4H3;1-8H,(H,15,16)(H,17,18)/q2*+1;/p-2. The Kier molecular flexibility index (Phi) is 77.0. The molecule has 0 fully saturated rings. The van der Waals surface area contributed by atoms with Crippen LogP contribution in [0.1, 0.15) is 487 Å². The molecule has 598 valence electrons. The molecular formula is C94H176N2O4S2. The Balaban J connectivity index is 0.00000158. The minimum absolute atomic E-state index is 0.0796. The first-order chi connectivity index (χ1) is 50.1. The highest BCUT2D eigenvalue weighted by Crippen LogP contribution is 2.40. The zero-order chi connectivity index (χ0) is 74.4. The van der Waals surface area contributed by atoms with E-state index in [1.165, 1.54) is 484 Å². The van der Waals surface area contributed by atoms with E-state index in [-0.39, 0.29) is 11.1 Å². The predicted molar refractivity (Wildman–Crippen MR) is 454 cm³/mol. The number of benzene rings is 2. The smallest absolute Gasteiger partial charge is 0.0786 e. The summed E-state index contributed by atoms with van der Waals surface area (Å²) < 4.78 is 2.97. The van der Waals surface area contributed by atoms with Gasteiger partial charge in [0.2, 0.25) is 0 Å². The summed E-state index contributed by atoms with van der Waals surface area (Å²) in [5.74, 6) is -2.52. The normalized spacial score (nSPS) is 11.6. The second-order valence-corrected chi connectivity index (χ2v) is 34.2. The molecule has 0 bridgehead atoms. The highest BCUT2D eigenvalue weighted by Gasteiger charge is 2.27. The molecule has 0 spiro atoms. The van der Waals surface area contributed by atoms with E-state index in [1.54, 1.807) is 36.4 Å². The quantitative estimate of drug-likeness (QED) is 0.0373. The van der Waals surface area contributed by atoms with Gasteiger partial charge in [0.25, 0.3) is 0 Å². The molecule has 0 N–H and O–H groups in total. The van der Waals surface area contributed by atoms with Crippen molar-refractivity contribution in [3.05, 3.63) is 59.7 Å². The van der Waals surface area contributed by atoms with Gasteiger partial charge in [-0.2, -0.15) is 0 Å². The Hall–Kier alpha value is -2.00. The van der Waals surface area contributed by atoms with Crippen LogP contribution in [0.4, 0.5) is 0 Å². The Labute approximate surface area is 646 Å². The lowest BCUT2D eigenvalue weighted by Crippen LogP contribution is -2.50. The fourth-order valence-corrected chi connectivity index (χ4v) is 17.8. The van der Waals surface area contributed by atoms with E-state index in [4.69, 9.17) is 0 Å². The van der Waals surface area contributed by atoms with Crippen molar-refractivity contribution in [2.75, 3.05) is 52.4 Å². The van der Waals surface area contributed by atoms with Gasteiger partial charge in [-0.15, -0.1) is 0 Å². The van der Waals surface area contributed by atoms with Gasteiger partial charge >= 0.3 is 0 Å². The molecule has 2 aromatic rings. The van der Waals surface area contributed by atoms with Crippen molar-refractivity contribution >= 4 is 33.5 Å². The Morgan fingerprint density at radius 2 is 0.343 bits per heavy atom. The van der Waals surface area contributed by atoms with Crippen LogP contribution in [-0.4, -0.2) is 73.3 Å². The number of unbranched alkanes of at least 4 members (excludes halogenated alkanes) is 56. The molecule has 0 heterocycles. The third kappa shape index (κ3) is 63.0. The maximum Gasteiger partial charge on any atom is 0.0786 e. The van der Waals surface area contributed by atoms with Crippen LogP contribution >= 0.6 is 21.6 Å². The van der Waals surface area contributed by atoms with Crippen molar-refractivity contribution in [2.45, 2.75) is 476 Å². The Morgan fingerprint density at radius 1 is 0.216 bits per heavy atom. The third-order valence-electron chi connectivity index (χ3n) is 22.3. The maximum absolute atomic E-state index is 11.0. The van der Waals surface area contributed by atoms with Crippen LogP contribution in [0.15, 0.2) is 58.3 Å². The molecular weight excluding hydrogens is 1290 g/mol. The number of carbonyl (C=O) groups excluding carboxylic acids is 2. The van der Waals surface area contributed by atoms with E-state index in [2.05, 4.69) is 55.4 Å². The van der Waals surface area contributed by atoms with Crippen LogP contribution < -0.4 is 10.2 Å². The first kappa shape index (κ1) is 100. The van der Waals surface area contributed by atoms with Gasteiger partial charge < -0.3 is 28.8 Å². The maximum atomic E-state index is 11.0. The topological polar surface area (TPSA) is 80.3 Å². The highest BCUT2D eigenvalue weighted by molar-refractivity contribution is 8.76. The van der Waals surface area contributed by atoms with Gasteiger partial charge in [-0.1, -0.05) is 422 Å². The van der Waals surface area contributed by atoms with Crippen LogP contribution in [0.3, 0.4) is 0 Å². The lowest BCUT2D eigenvalue weighted by Gasteiger charge is -2.40. The lowest BCUT2D eigenvalue weighted by molar-refractivity contribution is -0.929. The number of carbonyl (C=O) groups is 2. The van der Waals surface area contributed by atoms with E-state index in [0.29, 0.717) is 9.79 Å². The summed E-state index contributed by atoms with van der Waals surface area (Å²) >= 11 is 0. The Morgan fingerprint density at radius 3 is 0.480 bits per heavy atom. The SMILES string of the molecule is CCCCCCCCCC[N+](CCCCCCCCCC)(CCCCCCCCCC)CCCCCCCCCC.CCCCCCCCCC[N+](CCCCCCCCCC)(CCCCCCCCCC)CCCCCCCCCC.O=C([O-])c1ccccc1SSc1ccccc1C(=O)[O-]. The molecule has 0 aliphatic rings. The molecule has 0 unspecified atom stereocenters. The molecule has 8 heteroatoms. The van der Waals surface area contributed by atoms with Crippen LogP contribution in [0.5, 0.6) is 0 Å². The monoisotopic (exact) mass is 1460 g/mol. The molecule has 102 heavy (non-hydrogen) atoms. The van der Waals surface area contributed by atoms with E-state index >= 15 is 0 Å². The van der Waals surface area contributed by atoms with Crippen LogP contribution in [-0.2, 0) is 0 Å². The summed E-state index contributed by atoms with van der Waals surface area (Å²) in [5, 5.41) is 21.9. The molecule has 0 saturated heterocycles. The number of hydrogen-bond acceptors (Lipinski definition) is 6. The predicted octanol–water partition coefficient (Wildman–Crippen LogP) is 29.9. The van der Waals surface area contributed by atoms with Crippen LogP contribution in [0, 0.1) is 0 Å². The molecule has 0 saturated carbocycles. The molecule has 0 radical (unpaired) electrons. The second-order valence-electron chi connectivity index (χ2n) is 32.0. The first-order valence-corrected chi connectivity index (χ1v) is 47.9. The molecule has 2 rings (SSSR count). The van der Waals surface area contributed by atoms with E-state index < -0.39 is 11.9 Å². The zero-order valence-electron chi connectivity index (χ0n) is 69.9. The molecule has 0 aliphatic heterocycles. The van der Waals surface area contributed by atoms with Crippen LogP contribution in [0.25, 0.3) is 0 Å². The molecule has 0 aliphatic carbocycles. The highest BCUT2D eigenvalue weighted by atomic mass is 33.1. The number of hydrogen-bond donors (Lipinski definition) is 0. The summed E-state index contributed by atoms with van der Waals surface area (Å²) in [7, 11) is 2.33. The summed E-state index contributed by atoms with van der Waals surface area (Å²) in [5.41, 5.74) is 0.159. The fraction of sp³-hybridized carbons (Fsp3) is 0.851. The van der Waals surface area contributed by atoms with Gasteiger partial charge in [0.05, 0.1) is 64.3 Å². The average Bonchev–Trinajstić information content (AvgIpc) is 0.882. The van der Waals surface area contributed by atoms with E-state index in [1.807, 2.05) is 0 Å². The van der Waals surface area contributed by atoms with E-state index in [9.17, 15) is 19.8 Å². The van der Waals surface area contributed by atoms with Crippen molar-refractivity contribution in [2.24, 2.45) is 0 Å². The number of nitrogens with zero attached hydrogens (tertiary/aromatic N) is 2. The zero-order valence-corrected chi connectivity index (χ0v) is 71.5. The summed E-state index contributed by atoms with van der Waals surface area (Å²) in [4.78, 5) is 23.0. The summed E-state index contributed by atoms with van der Waals surface area (Å²) in [6, 6.07) is 12.8. The summed E-state index contributed by atoms with van der Waals surface area (Å²) in [6.45, 7) is 30.6. The number of quaternary nitrogens is 2. The average molecular weight is 1460 g/mol. The lowest BCUT2D eigenvalue weighted by atomic mass is 10.0. The molecule has 6 nitrogen and oxygen atoms in total. The van der Waals surface area contributed by atoms with Gasteiger partial charge in [0, 0.05) is 20.9 Å². The van der Waals surface area contributed by atoms with Crippen molar-refractivity contribution in [1.82, 2.24) is 0 Å². The summed E-state index contributed by atoms with van der Waals surface area (Å²) in [6.07, 6.45) is 93.5. The number of carboxylic acid groups (broad SMARTS) is 2. The number of rotatable bonds is 77. The molecule has 0 amide bonds. The van der Waals surface area contributed by atoms with Crippen molar-refractivity contribution in [3.63, 3.8) is 0 Å².